The number of nitrogens with zero attached hydrogens (tertiary/aromatic N) is 3. The SMILES string of the molecule is CCCC(=O)ON(c1ccc(Oc2ccc([N+](=O)[O-])cn2)c(C)c1)C1CC1. The largest absolute Gasteiger partial charge is 0.439 e. The van der Waals surface area contributed by atoms with Gasteiger partial charge in [-0.05, 0) is 49.9 Å². The van der Waals surface area contributed by atoms with Gasteiger partial charge in [0.2, 0.25) is 5.88 Å². The maximum absolute atomic E-state index is 11.9. The van der Waals surface area contributed by atoms with Gasteiger partial charge in [-0.1, -0.05) is 6.92 Å². The minimum Gasteiger partial charge on any atom is -0.439 e. The molecule has 1 fully saturated rings. The smallest absolute Gasteiger partial charge is 0.332 e. The van der Waals surface area contributed by atoms with Crippen molar-refractivity contribution in [1.82, 2.24) is 4.98 Å². The van der Waals surface area contributed by atoms with Crippen LogP contribution in [-0.2, 0) is 9.63 Å². The number of rotatable bonds is 8. The average Bonchev–Trinajstić information content (AvgIpc) is 3.47. The predicted octanol–water partition coefficient (Wildman–Crippen LogP) is 4.32. The van der Waals surface area contributed by atoms with Crippen molar-refractivity contribution in [3.8, 4) is 11.6 Å². The molecule has 1 aliphatic carbocycles. The van der Waals surface area contributed by atoms with Crippen LogP contribution in [0.25, 0.3) is 0 Å². The molecule has 1 aromatic carbocycles. The molecule has 1 aliphatic rings. The molecule has 0 aliphatic heterocycles. The van der Waals surface area contributed by atoms with Crippen LogP contribution in [0.4, 0.5) is 11.4 Å². The zero-order chi connectivity index (χ0) is 19.4. The number of aryl methyl sites for hydroxylation is 1. The van der Waals surface area contributed by atoms with Crippen molar-refractivity contribution in [2.75, 3.05) is 5.06 Å². The zero-order valence-corrected chi connectivity index (χ0v) is 15.3. The predicted molar refractivity (Wildman–Crippen MR) is 98.6 cm³/mol. The van der Waals surface area contributed by atoms with Crippen LogP contribution in [0.2, 0.25) is 0 Å². The van der Waals surface area contributed by atoms with Gasteiger partial charge in [0.05, 0.1) is 16.7 Å². The van der Waals surface area contributed by atoms with Crippen LogP contribution in [0.3, 0.4) is 0 Å². The van der Waals surface area contributed by atoms with E-state index in [1.54, 1.807) is 11.1 Å². The molecule has 0 N–H and O–H groups in total. The normalized spacial score (nSPS) is 13.1. The van der Waals surface area contributed by atoms with Gasteiger partial charge < -0.3 is 9.57 Å². The first kappa shape index (κ1) is 18.6. The third-order valence-corrected chi connectivity index (χ3v) is 4.09. The highest BCUT2D eigenvalue weighted by atomic mass is 16.7. The Morgan fingerprint density at radius 2 is 2.11 bits per heavy atom. The second kappa shape index (κ2) is 8.03. The highest BCUT2D eigenvalue weighted by Gasteiger charge is 2.32. The summed E-state index contributed by atoms with van der Waals surface area (Å²) in [6.45, 7) is 3.81. The third kappa shape index (κ3) is 4.72. The number of carbonyl (C=O) groups excluding carboxylic acids is 1. The molecule has 1 aromatic heterocycles. The lowest BCUT2D eigenvalue weighted by Gasteiger charge is -2.23. The molecule has 142 valence electrons. The van der Waals surface area contributed by atoms with Crippen molar-refractivity contribution in [1.29, 1.82) is 0 Å². The van der Waals surface area contributed by atoms with Gasteiger partial charge >= 0.3 is 5.97 Å². The van der Waals surface area contributed by atoms with Crippen molar-refractivity contribution < 1.29 is 19.3 Å². The number of carbonyl (C=O) groups is 1. The molecule has 0 unspecified atom stereocenters. The summed E-state index contributed by atoms with van der Waals surface area (Å²) in [6, 6.07) is 8.50. The molecule has 0 radical (unpaired) electrons. The molecular weight excluding hydrogens is 350 g/mol. The maximum Gasteiger partial charge on any atom is 0.332 e. The fraction of sp³-hybridized carbons (Fsp3) is 0.368. The van der Waals surface area contributed by atoms with Gasteiger partial charge in [-0.3, -0.25) is 10.1 Å². The number of hydrogen-bond acceptors (Lipinski definition) is 7. The van der Waals surface area contributed by atoms with E-state index in [-0.39, 0.29) is 23.6 Å². The fourth-order valence-corrected chi connectivity index (χ4v) is 2.55. The van der Waals surface area contributed by atoms with E-state index in [0.717, 1.165) is 36.7 Å². The number of hydrogen-bond donors (Lipinski definition) is 0. The van der Waals surface area contributed by atoms with Crippen molar-refractivity contribution in [3.63, 3.8) is 0 Å². The molecule has 2 aromatic rings. The van der Waals surface area contributed by atoms with Gasteiger partial charge in [-0.15, -0.1) is 0 Å². The number of aromatic nitrogens is 1. The fourth-order valence-electron chi connectivity index (χ4n) is 2.55. The Morgan fingerprint density at radius 3 is 2.67 bits per heavy atom. The summed E-state index contributed by atoms with van der Waals surface area (Å²) in [5.74, 6) is 0.609. The molecule has 27 heavy (non-hydrogen) atoms. The van der Waals surface area contributed by atoms with Crippen LogP contribution in [0.5, 0.6) is 11.6 Å². The Labute approximate surface area is 156 Å². The first-order valence-electron chi connectivity index (χ1n) is 8.87. The van der Waals surface area contributed by atoms with Crippen LogP contribution in [0, 0.1) is 17.0 Å². The molecule has 0 amide bonds. The average molecular weight is 371 g/mol. The molecule has 0 bridgehead atoms. The second-order valence-electron chi connectivity index (χ2n) is 6.43. The molecule has 0 atom stereocenters. The molecular formula is C19H21N3O5. The van der Waals surface area contributed by atoms with Crippen molar-refractivity contribution >= 4 is 17.3 Å². The van der Waals surface area contributed by atoms with E-state index < -0.39 is 4.92 Å². The number of nitro groups is 1. The van der Waals surface area contributed by atoms with Gasteiger partial charge in [0.1, 0.15) is 11.9 Å². The van der Waals surface area contributed by atoms with E-state index in [0.29, 0.717) is 12.2 Å². The van der Waals surface area contributed by atoms with E-state index in [1.807, 2.05) is 26.0 Å². The first-order valence-corrected chi connectivity index (χ1v) is 8.87. The van der Waals surface area contributed by atoms with E-state index in [9.17, 15) is 14.9 Å². The number of ether oxygens (including phenoxy) is 1. The van der Waals surface area contributed by atoms with E-state index in [4.69, 9.17) is 9.57 Å². The van der Waals surface area contributed by atoms with Crippen LogP contribution in [0.15, 0.2) is 36.5 Å². The Hall–Kier alpha value is -3.16. The summed E-state index contributed by atoms with van der Waals surface area (Å²) < 4.78 is 5.71. The molecule has 1 saturated carbocycles. The quantitative estimate of drug-likeness (QED) is 0.504. The van der Waals surface area contributed by atoms with Crippen molar-refractivity contribution in [3.05, 3.63) is 52.2 Å². The van der Waals surface area contributed by atoms with Gasteiger partial charge in [-0.25, -0.2) is 14.8 Å². The molecule has 0 saturated heterocycles. The van der Waals surface area contributed by atoms with Gasteiger partial charge in [0, 0.05) is 18.6 Å². The summed E-state index contributed by atoms with van der Waals surface area (Å²) in [5, 5.41) is 12.4. The Balaban J connectivity index is 1.74. The van der Waals surface area contributed by atoms with Crippen LogP contribution >= 0.6 is 0 Å². The summed E-state index contributed by atoms with van der Waals surface area (Å²) in [4.78, 5) is 31.5. The molecule has 3 rings (SSSR count). The number of hydroxylamine groups is 1. The van der Waals surface area contributed by atoms with Gasteiger partial charge in [0.15, 0.2) is 0 Å². The lowest BCUT2D eigenvalue weighted by atomic mass is 10.2. The summed E-state index contributed by atoms with van der Waals surface area (Å²) in [7, 11) is 0. The standard InChI is InChI=1S/C19H21N3O5/c1-3-4-19(23)27-21(14-5-6-14)15-7-9-17(13(2)11-15)26-18-10-8-16(12-20-18)22(24)25/h7-12,14H,3-6H2,1-2H3. The number of anilines is 1. The lowest BCUT2D eigenvalue weighted by Crippen LogP contribution is -2.29. The third-order valence-electron chi connectivity index (χ3n) is 4.09. The van der Waals surface area contributed by atoms with Gasteiger partial charge in [0.25, 0.3) is 5.69 Å². The summed E-state index contributed by atoms with van der Waals surface area (Å²) >= 11 is 0. The van der Waals surface area contributed by atoms with Crippen LogP contribution in [0.1, 0.15) is 38.2 Å². The molecule has 1 heterocycles. The zero-order valence-electron chi connectivity index (χ0n) is 15.3. The van der Waals surface area contributed by atoms with Crippen LogP contribution < -0.4 is 9.80 Å². The number of benzene rings is 1. The van der Waals surface area contributed by atoms with E-state index in [1.165, 1.54) is 12.1 Å². The Morgan fingerprint density at radius 1 is 1.33 bits per heavy atom. The van der Waals surface area contributed by atoms with Crippen LogP contribution in [-0.4, -0.2) is 21.9 Å². The van der Waals surface area contributed by atoms with E-state index in [2.05, 4.69) is 4.98 Å². The van der Waals surface area contributed by atoms with Crippen molar-refractivity contribution in [2.24, 2.45) is 0 Å². The van der Waals surface area contributed by atoms with Crippen molar-refractivity contribution in [2.45, 2.75) is 45.6 Å². The highest BCUT2D eigenvalue weighted by molar-refractivity contribution is 5.71. The summed E-state index contributed by atoms with van der Waals surface area (Å²) in [5.41, 5.74) is 1.54. The van der Waals surface area contributed by atoms with E-state index >= 15 is 0 Å². The second-order valence-corrected chi connectivity index (χ2v) is 6.43. The molecule has 0 spiro atoms. The first-order chi connectivity index (χ1) is 13.0. The number of pyridine rings is 1. The molecule has 8 heteroatoms. The Kier molecular flexibility index (Phi) is 5.54. The minimum atomic E-state index is -0.511. The topological polar surface area (TPSA) is 94.8 Å². The van der Waals surface area contributed by atoms with Gasteiger partial charge in [-0.2, -0.15) is 0 Å². The summed E-state index contributed by atoms with van der Waals surface area (Å²) in [6.07, 6.45) is 4.26. The maximum atomic E-state index is 11.9. The monoisotopic (exact) mass is 371 g/mol. The highest BCUT2D eigenvalue weighted by Crippen LogP contribution is 2.35. The lowest BCUT2D eigenvalue weighted by molar-refractivity contribution is -0.385. The Bertz CT molecular complexity index is 834. The minimum absolute atomic E-state index is 0.0941. The molecule has 8 nitrogen and oxygen atoms in total.